The van der Waals surface area contributed by atoms with E-state index in [9.17, 15) is 13.2 Å². The SMILES string of the molecule is CCOc1ccccc1NC(=O)[C@@H](CC)N(c1ccccc1)S(C)(=O)=O. The van der Waals surface area contributed by atoms with Crippen LogP contribution in [0.25, 0.3) is 0 Å². The number of nitrogens with one attached hydrogen (secondary N) is 1. The quantitative estimate of drug-likeness (QED) is 0.767. The van der Waals surface area contributed by atoms with E-state index in [0.717, 1.165) is 10.6 Å². The molecule has 0 fully saturated rings. The van der Waals surface area contributed by atoms with Crippen LogP contribution in [0, 0.1) is 0 Å². The van der Waals surface area contributed by atoms with Crippen LogP contribution in [-0.4, -0.2) is 33.2 Å². The summed E-state index contributed by atoms with van der Waals surface area (Å²) in [6.45, 7) is 4.09. The molecular formula is C19H24N2O4S. The Morgan fingerprint density at radius 1 is 1.08 bits per heavy atom. The van der Waals surface area contributed by atoms with Gasteiger partial charge in [-0.25, -0.2) is 8.42 Å². The summed E-state index contributed by atoms with van der Waals surface area (Å²) < 4.78 is 31.4. The summed E-state index contributed by atoms with van der Waals surface area (Å²) in [6.07, 6.45) is 1.43. The minimum absolute atomic E-state index is 0.324. The zero-order valence-corrected chi connectivity index (χ0v) is 16.0. The number of nitrogens with zero attached hydrogens (tertiary/aromatic N) is 1. The van der Waals surface area contributed by atoms with Crippen molar-refractivity contribution in [1.82, 2.24) is 0 Å². The lowest BCUT2D eigenvalue weighted by atomic mass is 10.1. The molecule has 0 bridgehead atoms. The van der Waals surface area contributed by atoms with Crippen LogP contribution in [0.1, 0.15) is 20.3 Å². The maximum Gasteiger partial charge on any atom is 0.248 e. The molecule has 2 rings (SSSR count). The number of rotatable bonds is 8. The molecule has 0 saturated heterocycles. The summed E-state index contributed by atoms with van der Waals surface area (Å²) in [5.41, 5.74) is 0.967. The Hall–Kier alpha value is -2.54. The minimum atomic E-state index is -3.65. The molecule has 0 unspecified atom stereocenters. The lowest BCUT2D eigenvalue weighted by Crippen LogP contribution is -2.47. The highest BCUT2D eigenvalue weighted by Crippen LogP contribution is 2.26. The van der Waals surface area contributed by atoms with Crippen LogP contribution in [0.2, 0.25) is 0 Å². The molecule has 0 heterocycles. The van der Waals surface area contributed by atoms with Crippen molar-refractivity contribution < 1.29 is 17.9 Å². The minimum Gasteiger partial charge on any atom is -0.492 e. The Kier molecular flexibility index (Phi) is 6.63. The number of para-hydroxylation sites is 3. The van der Waals surface area contributed by atoms with Gasteiger partial charge in [0.25, 0.3) is 0 Å². The summed E-state index contributed by atoms with van der Waals surface area (Å²) in [5, 5.41) is 2.80. The summed E-state index contributed by atoms with van der Waals surface area (Å²) in [4.78, 5) is 12.9. The van der Waals surface area contributed by atoms with Crippen molar-refractivity contribution in [3.05, 3.63) is 54.6 Å². The number of hydrogen-bond donors (Lipinski definition) is 1. The molecule has 1 amide bonds. The Balaban J connectivity index is 2.35. The maximum atomic E-state index is 12.9. The van der Waals surface area contributed by atoms with Crippen molar-refractivity contribution in [3.63, 3.8) is 0 Å². The number of carbonyl (C=O) groups excluding carboxylic acids is 1. The summed E-state index contributed by atoms with van der Waals surface area (Å²) in [5.74, 6) is 0.137. The van der Waals surface area contributed by atoms with E-state index in [-0.39, 0.29) is 0 Å². The zero-order valence-electron chi connectivity index (χ0n) is 15.2. The molecule has 1 N–H and O–H groups in total. The van der Waals surface area contributed by atoms with Gasteiger partial charge in [0.05, 0.1) is 24.2 Å². The lowest BCUT2D eigenvalue weighted by Gasteiger charge is -2.30. The average Bonchev–Trinajstić information content (AvgIpc) is 2.61. The zero-order chi connectivity index (χ0) is 19.2. The Morgan fingerprint density at radius 3 is 2.27 bits per heavy atom. The highest BCUT2D eigenvalue weighted by Gasteiger charge is 2.31. The van der Waals surface area contributed by atoms with Crippen LogP contribution in [-0.2, 0) is 14.8 Å². The first-order valence-corrected chi connectivity index (χ1v) is 10.3. The molecule has 0 aliphatic carbocycles. The second-order valence-corrected chi connectivity index (χ2v) is 7.60. The van der Waals surface area contributed by atoms with Gasteiger partial charge in [0.15, 0.2) is 0 Å². The number of ether oxygens (including phenoxy) is 1. The van der Waals surface area contributed by atoms with E-state index in [4.69, 9.17) is 4.74 Å². The molecule has 0 aromatic heterocycles. The van der Waals surface area contributed by atoms with Crippen molar-refractivity contribution in [2.24, 2.45) is 0 Å². The monoisotopic (exact) mass is 376 g/mol. The largest absolute Gasteiger partial charge is 0.492 e. The van der Waals surface area contributed by atoms with Crippen molar-refractivity contribution in [3.8, 4) is 5.75 Å². The number of carbonyl (C=O) groups is 1. The van der Waals surface area contributed by atoms with Gasteiger partial charge >= 0.3 is 0 Å². The molecule has 0 radical (unpaired) electrons. The van der Waals surface area contributed by atoms with Gasteiger partial charge in [0, 0.05) is 0 Å². The maximum absolute atomic E-state index is 12.9. The second kappa shape index (κ2) is 8.71. The van der Waals surface area contributed by atoms with Crippen LogP contribution in [0.3, 0.4) is 0 Å². The van der Waals surface area contributed by atoms with E-state index in [1.807, 2.05) is 13.0 Å². The molecular weight excluding hydrogens is 352 g/mol. The summed E-state index contributed by atoms with van der Waals surface area (Å²) in [7, 11) is -3.65. The van der Waals surface area contributed by atoms with E-state index in [1.165, 1.54) is 0 Å². The molecule has 2 aromatic carbocycles. The third kappa shape index (κ3) is 4.76. The smallest absolute Gasteiger partial charge is 0.248 e. The third-order valence-corrected chi connectivity index (χ3v) is 4.97. The fourth-order valence-electron chi connectivity index (χ4n) is 2.70. The van der Waals surface area contributed by atoms with Gasteiger partial charge in [-0.2, -0.15) is 0 Å². The molecule has 0 aliphatic rings. The van der Waals surface area contributed by atoms with Crippen LogP contribution in [0.15, 0.2) is 54.6 Å². The van der Waals surface area contributed by atoms with E-state index >= 15 is 0 Å². The normalized spacial score (nSPS) is 12.3. The Labute approximate surface area is 154 Å². The van der Waals surface area contributed by atoms with Crippen molar-refractivity contribution in [1.29, 1.82) is 0 Å². The van der Waals surface area contributed by atoms with E-state index in [1.54, 1.807) is 55.5 Å². The van der Waals surface area contributed by atoms with E-state index < -0.39 is 22.0 Å². The molecule has 6 nitrogen and oxygen atoms in total. The van der Waals surface area contributed by atoms with Gasteiger partial charge < -0.3 is 10.1 Å². The lowest BCUT2D eigenvalue weighted by molar-refractivity contribution is -0.117. The number of hydrogen-bond acceptors (Lipinski definition) is 4. The van der Waals surface area contributed by atoms with Crippen molar-refractivity contribution in [2.75, 3.05) is 22.5 Å². The van der Waals surface area contributed by atoms with Crippen LogP contribution >= 0.6 is 0 Å². The van der Waals surface area contributed by atoms with Crippen molar-refractivity contribution >= 4 is 27.3 Å². The summed E-state index contributed by atoms with van der Waals surface area (Å²) in [6, 6.07) is 14.8. The predicted octanol–water partition coefficient (Wildman–Crippen LogP) is 3.27. The van der Waals surface area contributed by atoms with Gasteiger partial charge in [-0.3, -0.25) is 9.10 Å². The van der Waals surface area contributed by atoms with Gasteiger partial charge in [0.2, 0.25) is 15.9 Å². The first-order chi connectivity index (χ1) is 12.4. The molecule has 0 saturated carbocycles. The van der Waals surface area contributed by atoms with E-state index in [0.29, 0.717) is 30.2 Å². The average molecular weight is 376 g/mol. The van der Waals surface area contributed by atoms with Crippen LogP contribution in [0.4, 0.5) is 11.4 Å². The number of amides is 1. The Morgan fingerprint density at radius 2 is 1.69 bits per heavy atom. The fourth-order valence-corrected chi connectivity index (χ4v) is 3.91. The topological polar surface area (TPSA) is 75.7 Å². The predicted molar refractivity (Wildman–Crippen MR) is 104 cm³/mol. The highest BCUT2D eigenvalue weighted by molar-refractivity contribution is 7.92. The number of benzene rings is 2. The van der Waals surface area contributed by atoms with Gasteiger partial charge in [0.1, 0.15) is 11.8 Å². The van der Waals surface area contributed by atoms with Gasteiger partial charge in [-0.15, -0.1) is 0 Å². The van der Waals surface area contributed by atoms with Crippen LogP contribution in [0.5, 0.6) is 5.75 Å². The molecule has 7 heteroatoms. The first kappa shape index (κ1) is 19.8. The standard InChI is InChI=1S/C19H24N2O4S/c1-4-17(21(26(3,23)24)15-11-7-6-8-12-15)19(22)20-16-13-9-10-14-18(16)25-5-2/h6-14,17H,4-5H2,1-3H3,(H,20,22)/t17-/m1/s1. The molecule has 0 spiro atoms. The number of anilines is 2. The Bertz CT molecular complexity index is 838. The molecule has 140 valence electrons. The first-order valence-electron chi connectivity index (χ1n) is 8.45. The second-order valence-electron chi connectivity index (χ2n) is 5.74. The van der Waals surface area contributed by atoms with Crippen molar-refractivity contribution in [2.45, 2.75) is 26.3 Å². The van der Waals surface area contributed by atoms with Crippen LogP contribution < -0.4 is 14.4 Å². The number of sulfonamides is 1. The molecule has 26 heavy (non-hydrogen) atoms. The third-order valence-electron chi connectivity index (χ3n) is 3.79. The molecule has 0 aliphatic heterocycles. The molecule has 2 aromatic rings. The van der Waals surface area contributed by atoms with Gasteiger partial charge in [-0.1, -0.05) is 37.3 Å². The van der Waals surface area contributed by atoms with Gasteiger partial charge in [-0.05, 0) is 37.6 Å². The van der Waals surface area contributed by atoms with E-state index in [2.05, 4.69) is 5.32 Å². The highest BCUT2D eigenvalue weighted by atomic mass is 32.2. The molecule has 1 atom stereocenters. The summed E-state index contributed by atoms with van der Waals surface area (Å²) >= 11 is 0. The fraction of sp³-hybridized carbons (Fsp3) is 0.316.